The Morgan fingerprint density at radius 2 is 1.94 bits per heavy atom. The fourth-order valence-electron chi connectivity index (χ4n) is 2.16. The maximum atomic E-state index is 10.0. The second-order valence-electron chi connectivity index (χ2n) is 4.26. The predicted octanol–water partition coefficient (Wildman–Crippen LogP) is 2.67. The Hall–Kier alpha value is -0.480. The molecule has 0 bridgehead atoms. The van der Waals surface area contributed by atoms with Gasteiger partial charge in [-0.15, -0.1) is 0 Å². The van der Waals surface area contributed by atoms with E-state index in [1.165, 1.54) is 0 Å². The van der Waals surface area contributed by atoms with Crippen LogP contribution in [-0.4, -0.2) is 36.2 Å². The van der Waals surface area contributed by atoms with Gasteiger partial charge in [-0.25, -0.2) is 0 Å². The van der Waals surface area contributed by atoms with Crippen molar-refractivity contribution in [1.29, 1.82) is 0 Å². The molecule has 2 rings (SSSR count). The molecule has 1 aliphatic heterocycles. The number of phenols is 1. The van der Waals surface area contributed by atoms with Crippen LogP contribution < -0.4 is 5.32 Å². The summed E-state index contributed by atoms with van der Waals surface area (Å²) in [6.45, 7) is 5.98. The number of hydrogen-bond acceptors (Lipinski definition) is 3. The highest BCUT2D eigenvalue weighted by Crippen LogP contribution is 2.38. The van der Waals surface area contributed by atoms with Crippen LogP contribution in [0.4, 0.5) is 0 Å². The van der Waals surface area contributed by atoms with Gasteiger partial charge in [-0.1, -0.05) is 29.3 Å². The van der Waals surface area contributed by atoms with Gasteiger partial charge in [0.2, 0.25) is 0 Å². The molecule has 2 N–H and O–H groups in total. The van der Waals surface area contributed by atoms with E-state index in [-0.39, 0.29) is 16.8 Å². The van der Waals surface area contributed by atoms with Crippen molar-refractivity contribution < 1.29 is 5.11 Å². The maximum absolute atomic E-state index is 10.0. The molecule has 1 heterocycles. The first-order chi connectivity index (χ1) is 8.11. The number of nitrogens with one attached hydrogen (secondary N) is 1. The third-order valence-corrected chi connectivity index (χ3v) is 4.04. The second kappa shape index (κ2) is 5.44. The molecule has 1 saturated heterocycles. The van der Waals surface area contributed by atoms with Crippen LogP contribution in [0.15, 0.2) is 12.1 Å². The Labute approximate surface area is 111 Å². The van der Waals surface area contributed by atoms with E-state index < -0.39 is 0 Å². The van der Waals surface area contributed by atoms with Crippen molar-refractivity contribution in [2.75, 3.05) is 26.2 Å². The zero-order valence-electron chi connectivity index (χ0n) is 9.71. The first-order valence-corrected chi connectivity index (χ1v) is 6.48. The fraction of sp³-hybridized carbons (Fsp3) is 0.500. The Balaban J connectivity index is 2.24. The van der Waals surface area contributed by atoms with Crippen LogP contribution >= 0.6 is 23.2 Å². The zero-order chi connectivity index (χ0) is 12.4. The van der Waals surface area contributed by atoms with Crippen LogP contribution in [0.2, 0.25) is 10.0 Å². The molecule has 94 valence electrons. The SMILES string of the molecule is C[C@H](c1ccc(Cl)c(Cl)c1O)N1CCNCC1. The van der Waals surface area contributed by atoms with E-state index >= 15 is 0 Å². The van der Waals surface area contributed by atoms with Crippen LogP contribution in [0, 0.1) is 0 Å². The molecule has 5 heteroatoms. The van der Waals surface area contributed by atoms with Gasteiger partial charge in [-0.05, 0) is 13.0 Å². The molecule has 0 saturated carbocycles. The van der Waals surface area contributed by atoms with Crippen molar-refractivity contribution in [1.82, 2.24) is 10.2 Å². The largest absolute Gasteiger partial charge is 0.506 e. The van der Waals surface area contributed by atoms with Crippen LogP contribution in [0.1, 0.15) is 18.5 Å². The summed E-state index contributed by atoms with van der Waals surface area (Å²) < 4.78 is 0. The van der Waals surface area contributed by atoms with Gasteiger partial charge in [0.1, 0.15) is 10.8 Å². The summed E-state index contributed by atoms with van der Waals surface area (Å²) in [6, 6.07) is 3.72. The molecule has 17 heavy (non-hydrogen) atoms. The van der Waals surface area contributed by atoms with Crippen molar-refractivity contribution in [2.45, 2.75) is 13.0 Å². The summed E-state index contributed by atoms with van der Waals surface area (Å²) in [7, 11) is 0. The predicted molar refractivity (Wildman–Crippen MR) is 71.0 cm³/mol. The average molecular weight is 275 g/mol. The summed E-state index contributed by atoms with van der Waals surface area (Å²) in [5.41, 5.74) is 0.835. The summed E-state index contributed by atoms with van der Waals surface area (Å²) in [4.78, 5) is 2.32. The number of phenolic OH excluding ortho intramolecular Hbond substituents is 1. The lowest BCUT2D eigenvalue weighted by atomic mass is 10.0. The quantitative estimate of drug-likeness (QED) is 0.871. The Kier molecular flexibility index (Phi) is 4.15. The molecule has 3 nitrogen and oxygen atoms in total. The molecule has 0 amide bonds. The number of benzene rings is 1. The molecule has 1 atom stereocenters. The number of aromatic hydroxyl groups is 1. The van der Waals surface area contributed by atoms with Gasteiger partial charge in [0, 0.05) is 37.8 Å². The molecule has 0 aliphatic carbocycles. The van der Waals surface area contributed by atoms with E-state index in [1.807, 2.05) is 6.07 Å². The molecule has 0 aromatic heterocycles. The highest BCUT2D eigenvalue weighted by Gasteiger charge is 2.22. The van der Waals surface area contributed by atoms with E-state index in [9.17, 15) is 5.11 Å². The smallest absolute Gasteiger partial charge is 0.140 e. The molecule has 0 spiro atoms. The number of rotatable bonds is 2. The minimum absolute atomic E-state index is 0.102. The molecular weight excluding hydrogens is 259 g/mol. The van der Waals surface area contributed by atoms with Crippen molar-refractivity contribution in [3.05, 3.63) is 27.7 Å². The molecule has 1 fully saturated rings. The topological polar surface area (TPSA) is 35.5 Å². The normalized spacial score (nSPS) is 19.2. The minimum atomic E-state index is 0.102. The summed E-state index contributed by atoms with van der Waals surface area (Å²) >= 11 is 11.8. The second-order valence-corrected chi connectivity index (χ2v) is 5.05. The lowest BCUT2D eigenvalue weighted by molar-refractivity contribution is 0.183. The Morgan fingerprint density at radius 3 is 2.59 bits per heavy atom. The lowest BCUT2D eigenvalue weighted by Crippen LogP contribution is -2.44. The molecule has 0 unspecified atom stereocenters. The standard InChI is InChI=1S/C12H16Cl2N2O/c1-8(16-6-4-15-5-7-16)9-2-3-10(13)11(14)12(9)17/h2-3,8,15,17H,4-7H2,1H3/t8-/m1/s1. The summed E-state index contributed by atoms with van der Waals surface area (Å²) in [6.07, 6.45) is 0. The first-order valence-electron chi connectivity index (χ1n) is 5.73. The number of hydrogen-bond donors (Lipinski definition) is 2. The van der Waals surface area contributed by atoms with Crippen LogP contribution in [0.25, 0.3) is 0 Å². The lowest BCUT2D eigenvalue weighted by Gasteiger charge is -2.33. The summed E-state index contributed by atoms with van der Waals surface area (Å²) in [5.74, 6) is 0.102. The van der Waals surface area contributed by atoms with Gasteiger partial charge in [-0.3, -0.25) is 4.90 Å². The van der Waals surface area contributed by atoms with E-state index in [4.69, 9.17) is 23.2 Å². The van der Waals surface area contributed by atoms with E-state index in [0.29, 0.717) is 5.02 Å². The molecule has 1 aliphatic rings. The van der Waals surface area contributed by atoms with Gasteiger partial charge in [0.15, 0.2) is 0 Å². The van der Waals surface area contributed by atoms with Crippen LogP contribution in [-0.2, 0) is 0 Å². The third-order valence-electron chi connectivity index (χ3n) is 3.25. The number of piperazine rings is 1. The van der Waals surface area contributed by atoms with Gasteiger partial charge in [0.25, 0.3) is 0 Å². The maximum Gasteiger partial charge on any atom is 0.140 e. The first kappa shape index (κ1) is 13.0. The molecular formula is C12H16Cl2N2O. The Bertz CT molecular complexity index is 406. The van der Waals surface area contributed by atoms with Crippen LogP contribution in [0.3, 0.4) is 0 Å². The zero-order valence-corrected chi connectivity index (χ0v) is 11.2. The minimum Gasteiger partial charge on any atom is -0.506 e. The third kappa shape index (κ3) is 2.68. The van der Waals surface area contributed by atoms with Gasteiger partial charge < -0.3 is 10.4 Å². The van der Waals surface area contributed by atoms with E-state index in [2.05, 4.69) is 17.1 Å². The summed E-state index contributed by atoms with van der Waals surface area (Å²) in [5, 5.41) is 14.0. The van der Waals surface area contributed by atoms with Gasteiger partial charge in [-0.2, -0.15) is 0 Å². The monoisotopic (exact) mass is 274 g/mol. The van der Waals surface area contributed by atoms with E-state index in [1.54, 1.807) is 6.07 Å². The number of nitrogens with zero attached hydrogens (tertiary/aromatic N) is 1. The molecule has 0 radical (unpaired) electrons. The van der Waals surface area contributed by atoms with Crippen molar-refractivity contribution in [3.63, 3.8) is 0 Å². The van der Waals surface area contributed by atoms with Crippen molar-refractivity contribution in [2.24, 2.45) is 0 Å². The average Bonchev–Trinajstić information content (AvgIpc) is 2.36. The van der Waals surface area contributed by atoms with Crippen molar-refractivity contribution >= 4 is 23.2 Å². The number of halogens is 2. The van der Waals surface area contributed by atoms with E-state index in [0.717, 1.165) is 31.7 Å². The molecule has 1 aromatic carbocycles. The van der Waals surface area contributed by atoms with Crippen LogP contribution in [0.5, 0.6) is 5.75 Å². The highest BCUT2D eigenvalue weighted by atomic mass is 35.5. The highest BCUT2D eigenvalue weighted by molar-refractivity contribution is 6.43. The Morgan fingerprint density at radius 1 is 1.29 bits per heavy atom. The van der Waals surface area contributed by atoms with Gasteiger partial charge in [0.05, 0.1) is 5.02 Å². The fourth-order valence-corrected chi connectivity index (χ4v) is 2.48. The van der Waals surface area contributed by atoms with Gasteiger partial charge >= 0.3 is 0 Å². The molecule has 1 aromatic rings. The van der Waals surface area contributed by atoms with Crippen molar-refractivity contribution in [3.8, 4) is 5.75 Å².